The Morgan fingerprint density at radius 2 is 2.04 bits per heavy atom. The summed E-state index contributed by atoms with van der Waals surface area (Å²) in [5.41, 5.74) is 4.23. The summed E-state index contributed by atoms with van der Waals surface area (Å²) in [6, 6.07) is 8.27. The van der Waals surface area contributed by atoms with Crippen LogP contribution in [0.3, 0.4) is 0 Å². The maximum absolute atomic E-state index is 13.2. The van der Waals surface area contributed by atoms with E-state index >= 15 is 0 Å². The maximum Gasteiger partial charge on any atom is 0.231 e. The molecule has 1 aliphatic rings. The van der Waals surface area contributed by atoms with E-state index in [-0.39, 0.29) is 5.91 Å². The van der Waals surface area contributed by atoms with E-state index in [1.807, 2.05) is 29.7 Å². The first-order chi connectivity index (χ1) is 12.4. The number of thioether (sulfide) groups is 1. The number of aryl methyl sites for hydroxylation is 1. The van der Waals surface area contributed by atoms with Gasteiger partial charge in [0.15, 0.2) is 0 Å². The highest BCUT2D eigenvalue weighted by molar-refractivity contribution is 8.00. The molecule has 1 unspecified atom stereocenters. The molecule has 5 heteroatoms. The zero-order chi connectivity index (χ0) is 18.8. The monoisotopic (exact) mass is 371 g/mol. The van der Waals surface area contributed by atoms with Crippen LogP contribution in [-0.2, 0) is 17.8 Å². The number of carbonyl (C=O) groups excluding carboxylic acids is 1. The van der Waals surface area contributed by atoms with Gasteiger partial charge in [-0.25, -0.2) is 0 Å². The second-order valence-corrected chi connectivity index (χ2v) is 9.11. The zero-order valence-electron chi connectivity index (χ0n) is 16.5. The Hall–Kier alpha value is -1.75. The van der Waals surface area contributed by atoms with E-state index < -0.39 is 0 Å². The molecule has 26 heavy (non-hydrogen) atoms. The molecule has 0 spiro atoms. The van der Waals surface area contributed by atoms with Crippen molar-refractivity contribution in [2.24, 2.45) is 5.92 Å². The lowest BCUT2D eigenvalue weighted by Crippen LogP contribution is -2.33. The van der Waals surface area contributed by atoms with Crippen molar-refractivity contribution in [3.8, 4) is 0 Å². The van der Waals surface area contributed by atoms with Crippen molar-refractivity contribution in [1.29, 1.82) is 0 Å². The number of aromatic nitrogens is 2. The van der Waals surface area contributed by atoms with Crippen molar-refractivity contribution in [2.75, 3.05) is 11.4 Å². The van der Waals surface area contributed by atoms with Crippen molar-refractivity contribution in [3.63, 3.8) is 0 Å². The largest absolute Gasteiger partial charge is 0.311 e. The molecule has 0 bridgehead atoms. The Labute approximate surface area is 161 Å². The first-order valence-corrected chi connectivity index (χ1v) is 10.3. The Balaban J connectivity index is 1.86. The van der Waals surface area contributed by atoms with Crippen LogP contribution in [0.5, 0.6) is 0 Å². The molecular formula is C21H29N3OS. The molecule has 0 saturated heterocycles. The minimum absolute atomic E-state index is 0.169. The maximum atomic E-state index is 13.2. The summed E-state index contributed by atoms with van der Waals surface area (Å²) in [6.07, 6.45) is 1.43. The molecule has 1 amide bonds. The molecule has 3 rings (SSSR count). The predicted molar refractivity (Wildman–Crippen MR) is 109 cm³/mol. The average Bonchev–Trinajstić information content (AvgIpc) is 2.75. The van der Waals surface area contributed by atoms with Crippen molar-refractivity contribution >= 4 is 23.4 Å². The van der Waals surface area contributed by atoms with Gasteiger partial charge in [-0.05, 0) is 38.3 Å². The first-order valence-electron chi connectivity index (χ1n) is 9.45. The van der Waals surface area contributed by atoms with Gasteiger partial charge >= 0.3 is 0 Å². The molecule has 2 aromatic rings. The number of carbonyl (C=O) groups is 1. The highest BCUT2D eigenvalue weighted by atomic mass is 32.2. The number of rotatable bonds is 4. The second-order valence-electron chi connectivity index (χ2n) is 7.63. The lowest BCUT2D eigenvalue weighted by molar-refractivity contribution is -0.118. The molecule has 0 radical (unpaired) electrons. The summed E-state index contributed by atoms with van der Waals surface area (Å²) in [5.74, 6) is 0.704. The summed E-state index contributed by atoms with van der Waals surface area (Å²) < 4.78 is 2.05. The summed E-state index contributed by atoms with van der Waals surface area (Å²) in [5, 5.41) is 5.18. The lowest BCUT2D eigenvalue weighted by atomic mass is 10.1. The Morgan fingerprint density at radius 3 is 2.77 bits per heavy atom. The standard InChI is InChI=1S/C21H29N3OS/c1-14(2)13-24-17(5)18(16(4)22-24)12-21(25)23-11-10-15(3)26-20-9-7-6-8-19(20)23/h6-9,14-15H,10-13H2,1-5H3. The minimum atomic E-state index is 0.169. The number of hydrogen-bond donors (Lipinski definition) is 0. The molecule has 1 atom stereocenters. The number of nitrogens with zero attached hydrogens (tertiary/aromatic N) is 3. The molecule has 1 aromatic heterocycles. The van der Waals surface area contributed by atoms with E-state index in [2.05, 4.69) is 55.7 Å². The zero-order valence-corrected chi connectivity index (χ0v) is 17.3. The van der Waals surface area contributed by atoms with Crippen molar-refractivity contribution in [1.82, 2.24) is 9.78 Å². The van der Waals surface area contributed by atoms with E-state index in [0.717, 1.165) is 42.1 Å². The highest BCUT2D eigenvalue weighted by Gasteiger charge is 2.25. The van der Waals surface area contributed by atoms with Gasteiger partial charge in [0.2, 0.25) is 5.91 Å². The van der Waals surface area contributed by atoms with Gasteiger partial charge in [0.05, 0.1) is 17.8 Å². The third-order valence-electron chi connectivity index (χ3n) is 4.94. The number of para-hydroxylation sites is 1. The van der Waals surface area contributed by atoms with Gasteiger partial charge < -0.3 is 4.90 Å². The number of benzene rings is 1. The molecule has 1 aliphatic heterocycles. The number of amides is 1. The lowest BCUT2D eigenvalue weighted by Gasteiger charge is -2.22. The molecule has 2 heterocycles. The second kappa shape index (κ2) is 7.87. The molecular weight excluding hydrogens is 342 g/mol. The van der Waals surface area contributed by atoms with Gasteiger partial charge in [-0.2, -0.15) is 5.10 Å². The minimum Gasteiger partial charge on any atom is -0.311 e. The van der Waals surface area contributed by atoms with Crippen LogP contribution in [0.2, 0.25) is 0 Å². The molecule has 0 aliphatic carbocycles. The topological polar surface area (TPSA) is 38.1 Å². The molecule has 4 nitrogen and oxygen atoms in total. The summed E-state index contributed by atoms with van der Waals surface area (Å²) >= 11 is 1.87. The molecule has 1 aromatic carbocycles. The van der Waals surface area contributed by atoms with E-state index in [1.165, 1.54) is 4.90 Å². The smallest absolute Gasteiger partial charge is 0.231 e. The predicted octanol–water partition coefficient (Wildman–Crippen LogP) is 4.62. The number of fused-ring (bicyclic) bond motifs is 1. The third-order valence-corrected chi connectivity index (χ3v) is 6.18. The SMILES string of the molecule is Cc1nn(CC(C)C)c(C)c1CC(=O)N1CCC(C)Sc2ccccc21. The van der Waals surface area contributed by atoms with Crippen molar-refractivity contribution < 1.29 is 4.79 Å². The van der Waals surface area contributed by atoms with Crippen LogP contribution in [-0.4, -0.2) is 27.5 Å². The molecule has 0 N–H and O–H groups in total. The van der Waals surface area contributed by atoms with E-state index in [9.17, 15) is 4.79 Å². The van der Waals surface area contributed by atoms with E-state index in [0.29, 0.717) is 17.6 Å². The fourth-order valence-electron chi connectivity index (χ4n) is 3.51. The van der Waals surface area contributed by atoms with Gasteiger partial charge in [0.25, 0.3) is 0 Å². The average molecular weight is 372 g/mol. The van der Waals surface area contributed by atoms with Gasteiger partial charge in [0, 0.05) is 34.5 Å². The third kappa shape index (κ3) is 3.98. The molecule has 140 valence electrons. The van der Waals surface area contributed by atoms with Gasteiger partial charge in [-0.15, -0.1) is 11.8 Å². The van der Waals surface area contributed by atoms with Crippen LogP contribution >= 0.6 is 11.8 Å². The fraction of sp³-hybridized carbons (Fsp3) is 0.524. The number of hydrogen-bond acceptors (Lipinski definition) is 3. The Kier molecular flexibility index (Phi) is 5.76. The van der Waals surface area contributed by atoms with E-state index in [4.69, 9.17) is 0 Å². The van der Waals surface area contributed by atoms with Gasteiger partial charge in [-0.3, -0.25) is 9.48 Å². The van der Waals surface area contributed by atoms with Crippen molar-refractivity contribution in [2.45, 2.75) is 64.2 Å². The van der Waals surface area contributed by atoms with Crippen LogP contribution in [0.1, 0.15) is 44.1 Å². The van der Waals surface area contributed by atoms with Crippen LogP contribution in [0.4, 0.5) is 5.69 Å². The first kappa shape index (κ1) is 19.0. The van der Waals surface area contributed by atoms with Crippen LogP contribution in [0, 0.1) is 19.8 Å². The van der Waals surface area contributed by atoms with Gasteiger partial charge in [0.1, 0.15) is 0 Å². The van der Waals surface area contributed by atoms with Crippen LogP contribution < -0.4 is 4.90 Å². The van der Waals surface area contributed by atoms with E-state index in [1.54, 1.807) is 0 Å². The quantitative estimate of drug-likeness (QED) is 0.787. The fourth-order valence-corrected chi connectivity index (χ4v) is 4.62. The Morgan fingerprint density at radius 1 is 1.31 bits per heavy atom. The molecule has 0 saturated carbocycles. The van der Waals surface area contributed by atoms with Crippen LogP contribution in [0.25, 0.3) is 0 Å². The number of anilines is 1. The normalized spacial score (nSPS) is 17.3. The molecule has 0 fully saturated rings. The van der Waals surface area contributed by atoms with Crippen LogP contribution in [0.15, 0.2) is 29.2 Å². The Bertz CT molecular complexity index is 797. The summed E-state index contributed by atoms with van der Waals surface area (Å²) in [6.45, 7) is 12.4. The summed E-state index contributed by atoms with van der Waals surface area (Å²) in [4.78, 5) is 16.4. The highest BCUT2D eigenvalue weighted by Crippen LogP contribution is 2.37. The summed E-state index contributed by atoms with van der Waals surface area (Å²) in [7, 11) is 0. The van der Waals surface area contributed by atoms with Crippen molar-refractivity contribution in [3.05, 3.63) is 41.2 Å². The van der Waals surface area contributed by atoms with Gasteiger partial charge in [-0.1, -0.05) is 32.9 Å².